The molecule has 0 aliphatic carbocycles. The first kappa shape index (κ1) is 12.0. The van der Waals surface area contributed by atoms with Crippen molar-refractivity contribution in [1.82, 2.24) is 4.72 Å². The quantitative estimate of drug-likeness (QED) is 0.915. The van der Waals surface area contributed by atoms with Crippen LogP contribution in [-0.4, -0.2) is 15.0 Å². The van der Waals surface area contributed by atoms with Crippen LogP contribution in [0.4, 0.5) is 0 Å². The molecule has 0 aliphatic heterocycles. The predicted octanol–water partition coefficient (Wildman–Crippen LogP) is 2.43. The van der Waals surface area contributed by atoms with Crippen LogP contribution in [0, 0.1) is 0 Å². The van der Waals surface area contributed by atoms with E-state index in [1.807, 2.05) is 0 Å². The maximum Gasteiger partial charge on any atom is 0.250 e. The molecule has 1 aromatic rings. The number of thiophene rings is 1. The van der Waals surface area contributed by atoms with Crippen molar-refractivity contribution in [3.8, 4) is 0 Å². The van der Waals surface area contributed by atoms with Gasteiger partial charge >= 0.3 is 0 Å². The molecule has 0 spiro atoms. The minimum atomic E-state index is -3.50. The van der Waals surface area contributed by atoms with Gasteiger partial charge in [0.1, 0.15) is 4.21 Å². The first-order chi connectivity index (χ1) is 6.42. The molecule has 1 heterocycles. The molecule has 0 unspecified atom stereocenters. The van der Waals surface area contributed by atoms with Crippen molar-refractivity contribution in [2.45, 2.75) is 4.21 Å². The Morgan fingerprint density at radius 3 is 2.64 bits per heavy atom. The topological polar surface area (TPSA) is 46.2 Å². The molecule has 1 aromatic heterocycles. The second kappa shape index (κ2) is 4.63. The first-order valence-electron chi connectivity index (χ1n) is 3.50. The lowest BCUT2D eigenvalue weighted by molar-refractivity contribution is 0.587. The van der Waals surface area contributed by atoms with Gasteiger partial charge in [0.25, 0.3) is 0 Å². The summed E-state index contributed by atoms with van der Waals surface area (Å²) in [7, 11) is -3.50. The highest BCUT2D eigenvalue weighted by Crippen LogP contribution is 2.25. The highest BCUT2D eigenvalue weighted by molar-refractivity contribution is 7.91. The molecule has 14 heavy (non-hydrogen) atoms. The Labute approximate surface area is 96.4 Å². The monoisotopic (exact) mass is 271 g/mol. The lowest BCUT2D eigenvalue weighted by Crippen LogP contribution is -2.23. The minimum Gasteiger partial charge on any atom is -0.206 e. The van der Waals surface area contributed by atoms with E-state index < -0.39 is 10.0 Å². The summed E-state index contributed by atoms with van der Waals surface area (Å²) < 4.78 is 25.9. The van der Waals surface area contributed by atoms with Gasteiger partial charge < -0.3 is 0 Å². The van der Waals surface area contributed by atoms with E-state index in [9.17, 15) is 8.42 Å². The van der Waals surface area contributed by atoms with E-state index in [-0.39, 0.29) is 15.8 Å². The van der Waals surface area contributed by atoms with Crippen LogP contribution in [0.15, 0.2) is 28.0 Å². The molecule has 0 atom stereocenters. The molecule has 1 N–H and O–H groups in total. The smallest absolute Gasteiger partial charge is 0.206 e. The Morgan fingerprint density at radius 1 is 1.57 bits per heavy atom. The predicted molar refractivity (Wildman–Crippen MR) is 59.5 cm³/mol. The molecule has 7 heteroatoms. The van der Waals surface area contributed by atoms with Crippen LogP contribution in [0.2, 0.25) is 4.34 Å². The van der Waals surface area contributed by atoms with E-state index in [0.717, 1.165) is 11.3 Å². The van der Waals surface area contributed by atoms with Gasteiger partial charge in [0, 0.05) is 11.6 Å². The Kier molecular flexibility index (Phi) is 3.97. The third kappa shape index (κ3) is 3.25. The number of rotatable bonds is 4. The van der Waals surface area contributed by atoms with E-state index in [1.165, 1.54) is 12.1 Å². The highest BCUT2D eigenvalue weighted by atomic mass is 35.5. The zero-order valence-electron chi connectivity index (χ0n) is 6.96. The normalized spacial score (nSPS) is 11.6. The van der Waals surface area contributed by atoms with Crippen molar-refractivity contribution < 1.29 is 8.42 Å². The lowest BCUT2D eigenvalue weighted by Gasteiger charge is -2.01. The summed E-state index contributed by atoms with van der Waals surface area (Å²) >= 11 is 12.0. The molecule has 3 nitrogen and oxygen atoms in total. The fourth-order valence-electron chi connectivity index (χ4n) is 0.687. The zero-order chi connectivity index (χ0) is 10.8. The molecule has 0 saturated heterocycles. The molecular weight excluding hydrogens is 265 g/mol. The van der Waals surface area contributed by atoms with Gasteiger partial charge in [0.15, 0.2) is 0 Å². The van der Waals surface area contributed by atoms with Crippen LogP contribution in [0.3, 0.4) is 0 Å². The van der Waals surface area contributed by atoms with Gasteiger partial charge in [-0.1, -0.05) is 29.8 Å². The van der Waals surface area contributed by atoms with E-state index in [1.54, 1.807) is 0 Å². The Bertz CT molecular complexity index is 438. The summed E-state index contributed by atoms with van der Waals surface area (Å²) in [5.41, 5.74) is 0. The number of halogens is 2. The molecule has 0 amide bonds. The van der Waals surface area contributed by atoms with Crippen molar-refractivity contribution in [3.63, 3.8) is 0 Å². The number of nitrogens with one attached hydrogen (secondary N) is 1. The summed E-state index contributed by atoms with van der Waals surface area (Å²) in [4.78, 5) is 0. The lowest BCUT2D eigenvalue weighted by atomic mass is 10.7. The largest absolute Gasteiger partial charge is 0.250 e. The zero-order valence-corrected chi connectivity index (χ0v) is 10.1. The van der Waals surface area contributed by atoms with Crippen molar-refractivity contribution >= 4 is 44.6 Å². The van der Waals surface area contributed by atoms with Crippen LogP contribution in [-0.2, 0) is 10.0 Å². The summed E-state index contributed by atoms with van der Waals surface area (Å²) in [6.45, 7) is 3.39. The fraction of sp³-hybridized carbons (Fsp3) is 0.143. The summed E-state index contributed by atoms with van der Waals surface area (Å²) in [5.74, 6) is 0. The standard InChI is InChI=1S/C7H7Cl2NO2S2/c1-5(8)4-10-14(11,12)7-3-2-6(9)13-7/h2-3,10H,1,4H2. The second-order valence-corrected chi connectivity index (χ2v) is 6.64. The van der Waals surface area contributed by atoms with Crippen molar-refractivity contribution in [1.29, 1.82) is 0 Å². The Hall–Kier alpha value is -0.0700. The van der Waals surface area contributed by atoms with Gasteiger partial charge in [-0.05, 0) is 12.1 Å². The maximum atomic E-state index is 11.5. The first-order valence-corrected chi connectivity index (χ1v) is 6.55. The molecule has 78 valence electrons. The molecule has 0 aromatic carbocycles. The van der Waals surface area contributed by atoms with E-state index in [0.29, 0.717) is 4.34 Å². The average molecular weight is 272 g/mol. The summed E-state index contributed by atoms with van der Waals surface area (Å²) in [5, 5.41) is 0.233. The molecule has 0 fully saturated rings. The second-order valence-electron chi connectivity index (χ2n) is 2.40. The van der Waals surface area contributed by atoms with Crippen molar-refractivity contribution in [3.05, 3.63) is 28.1 Å². The average Bonchev–Trinajstić information content (AvgIpc) is 2.49. The molecule has 0 radical (unpaired) electrons. The van der Waals surface area contributed by atoms with Crippen LogP contribution < -0.4 is 4.72 Å². The van der Waals surface area contributed by atoms with Crippen molar-refractivity contribution in [2.24, 2.45) is 0 Å². The molecular formula is C7H7Cl2NO2S2. The summed E-state index contributed by atoms with van der Waals surface area (Å²) in [6.07, 6.45) is 0. The van der Waals surface area contributed by atoms with Crippen LogP contribution in [0.5, 0.6) is 0 Å². The fourth-order valence-corrected chi connectivity index (χ4v) is 3.39. The van der Waals surface area contributed by atoms with Crippen LogP contribution in [0.1, 0.15) is 0 Å². The van der Waals surface area contributed by atoms with Crippen LogP contribution >= 0.6 is 34.5 Å². The minimum absolute atomic E-state index is 0.0133. The van der Waals surface area contributed by atoms with Crippen molar-refractivity contribution in [2.75, 3.05) is 6.54 Å². The number of hydrogen-bond donors (Lipinski definition) is 1. The third-order valence-corrected chi connectivity index (χ3v) is 4.53. The molecule has 0 bridgehead atoms. The van der Waals surface area contributed by atoms with Gasteiger partial charge in [0.05, 0.1) is 4.34 Å². The maximum absolute atomic E-state index is 11.5. The van der Waals surface area contributed by atoms with Crippen LogP contribution in [0.25, 0.3) is 0 Å². The SMILES string of the molecule is C=C(Cl)CNS(=O)(=O)c1ccc(Cl)s1. The Morgan fingerprint density at radius 2 is 2.21 bits per heavy atom. The van der Waals surface area contributed by atoms with E-state index >= 15 is 0 Å². The number of hydrogen-bond acceptors (Lipinski definition) is 3. The van der Waals surface area contributed by atoms with Gasteiger partial charge in [-0.2, -0.15) is 0 Å². The molecule has 0 aliphatic rings. The third-order valence-electron chi connectivity index (χ3n) is 1.27. The molecule has 1 rings (SSSR count). The number of sulfonamides is 1. The van der Waals surface area contributed by atoms with Gasteiger partial charge in [-0.25, -0.2) is 13.1 Å². The van der Waals surface area contributed by atoms with Gasteiger partial charge in [-0.3, -0.25) is 0 Å². The van der Waals surface area contributed by atoms with E-state index in [4.69, 9.17) is 23.2 Å². The molecule has 0 saturated carbocycles. The van der Waals surface area contributed by atoms with E-state index in [2.05, 4.69) is 11.3 Å². The highest BCUT2D eigenvalue weighted by Gasteiger charge is 2.15. The Balaban J connectivity index is 2.81. The van der Waals surface area contributed by atoms with Gasteiger partial charge in [0.2, 0.25) is 10.0 Å². The van der Waals surface area contributed by atoms with Gasteiger partial charge in [-0.15, -0.1) is 11.3 Å². The summed E-state index contributed by atoms with van der Waals surface area (Å²) in [6, 6.07) is 2.96.